The number of carbonyl (C=O) groups excluding carboxylic acids is 1. The number of rotatable bonds is 8. The Kier molecular flexibility index (Phi) is 7.59. The molecule has 0 aromatic heterocycles. The summed E-state index contributed by atoms with van der Waals surface area (Å²) >= 11 is 0. The lowest BCUT2D eigenvalue weighted by atomic mass is 10.2. The van der Waals surface area contributed by atoms with E-state index in [2.05, 4.69) is 5.32 Å². The molecule has 0 aliphatic heterocycles. The van der Waals surface area contributed by atoms with Gasteiger partial charge in [-0.15, -0.1) is 0 Å². The van der Waals surface area contributed by atoms with Crippen LogP contribution in [0.5, 0.6) is 0 Å². The van der Waals surface area contributed by atoms with E-state index in [0.717, 1.165) is 5.56 Å². The number of hydrogen-bond acceptors (Lipinski definition) is 3. The van der Waals surface area contributed by atoms with Crippen molar-refractivity contribution in [1.29, 1.82) is 0 Å². The van der Waals surface area contributed by atoms with Crippen LogP contribution >= 0.6 is 0 Å². The Bertz CT molecular complexity index is 522. The second kappa shape index (κ2) is 9.19. The molecule has 0 saturated carbocycles. The summed E-state index contributed by atoms with van der Waals surface area (Å²) in [7, 11) is 0.491. The van der Waals surface area contributed by atoms with E-state index >= 15 is 0 Å². The van der Waals surface area contributed by atoms with Crippen LogP contribution in [0.3, 0.4) is 0 Å². The van der Waals surface area contributed by atoms with E-state index in [4.69, 9.17) is 5.11 Å². The molecule has 0 heterocycles. The SMILES string of the molecule is CC(CN(C)C(=O)NCCS(=O)Cc1ccccc1)C(=O)O. The molecule has 6 nitrogen and oxygen atoms in total. The van der Waals surface area contributed by atoms with Gasteiger partial charge in [0, 0.05) is 42.4 Å². The topological polar surface area (TPSA) is 86.7 Å². The van der Waals surface area contributed by atoms with Crippen molar-refractivity contribution in [3.8, 4) is 0 Å². The van der Waals surface area contributed by atoms with E-state index in [1.807, 2.05) is 30.3 Å². The third kappa shape index (κ3) is 6.71. The van der Waals surface area contributed by atoms with Gasteiger partial charge < -0.3 is 15.3 Å². The molecule has 0 saturated heterocycles. The molecule has 1 aromatic rings. The summed E-state index contributed by atoms with van der Waals surface area (Å²) in [6.07, 6.45) is 0. The van der Waals surface area contributed by atoms with Crippen molar-refractivity contribution in [2.45, 2.75) is 12.7 Å². The first kappa shape index (κ1) is 18.2. The fourth-order valence-corrected chi connectivity index (χ4v) is 2.85. The standard InChI is InChI=1S/C15H22N2O4S/c1-12(14(18)19)10-17(2)15(20)16-8-9-22(21)11-13-6-4-3-5-7-13/h3-7,12H,8-11H2,1-2H3,(H,16,20)(H,18,19). The van der Waals surface area contributed by atoms with Gasteiger partial charge in [0.15, 0.2) is 0 Å². The maximum atomic E-state index is 11.9. The monoisotopic (exact) mass is 326 g/mol. The highest BCUT2D eigenvalue weighted by molar-refractivity contribution is 7.84. The lowest BCUT2D eigenvalue weighted by molar-refractivity contribution is -0.141. The molecule has 0 aliphatic rings. The zero-order chi connectivity index (χ0) is 16.5. The lowest BCUT2D eigenvalue weighted by Crippen LogP contribution is -2.42. The predicted molar refractivity (Wildman–Crippen MR) is 86.0 cm³/mol. The average Bonchev–Trinajstić information content (AvgIpc) is 2.47. The minimum Gasteiger partial charge on any atom is -0.481 e. The normalized spacial score (nSPS) is 13.2. The Hall–Kier alpha value is -1.89. The van der Waals surface area contributed by atoms with Gasteiger partial charge in [-0.3, -0.25) is 9.00 Å². The lowest BCUT2D eigenvalue weighted by Gasteiger charge is -2.19. The number of aliphatic carboxylic acids is 1. The molecule has 2 unspecified atom stereocenters. The van der Waals surface area contributed by atoms with Crippen molar-refractivity contribution in [2.24, 2.45) is 5.92 Å². The van der Waals surface area contributed by atoms with Crippen LogP contribution in [0.4, 0.5) is 4.79 Å². The minimum atomic E-state index is -1.05. The van der Waals surface area contributed by atoms with E-state index in [0.29, 0.717) is 18.1 Å². The number of urea groups is 1. The zero-order valence-corrected chi connectivity index (χ0v) is 13.6. The second-order valence-electron chi connectivity index (χ2n) is 5.13. The first-order valence-electron chi connectivity index (χ1n) is 7.00. The number of amides is 2. The molecule has 1 rings (SSSR count). The summed E-state index contributed by atoms with van der Waals surface area (Å²) in [5, 5.41) is 11.4. The van der Waals surface area contributed by atoms with Gasteiger partial charge in [-0.1, -0.05) is 37.3 Å². The van der Waals surface area contributed by atoms with Crippen LogP contribution in [0.2, 0.25) is 0 Å². The van der Waals surface area contributed by atoms with Crippen molar-refractivity contribution in [3.63, 3.8) is 0 Å². The minimum absolute atomic E-state index is 0.133. The Labute approximate surface area is 133 Å². The van der Waals surface area contributed by atoms with Gasteiger partial charge in [0.2, 0.25) is 0 Å². The molecule has 0 bridgehead atoms. The molecule has 0 aliphatic carbocycles. The molecule has 2 atom stereocenters. The molecule has 7 heteroatoms. The molecular weight excluding hydrogens is 304 g/mol. The molecule has 122 valence electrons. The fraction of sp³-hybridized carbons (Fsp3) is 0.467. The summed E-state index contributed by atoms with van der Waals surface area (Å²) < 4.78 is 11.9. The van der Waals surface area contributed by atoms with Crippen molar-refractivity contribution in [3.05, 3.63) is 35.9 Å². The Morgan fingerprint density at radius 2 is 1.95 bits per heavy atom. The molecular formula is C15H22N2O4S. The Balaban J connectivity index is 2.27. The van der Waals surface area contributed by atoms with Crippen LogP contribution in [-0.4, -0.2) is 52.1 Å². The van der Waals surface area contributed by atoms with E-state index in [9.17, 15) is 13.8 Å². The molecule has 22 heavy (non-hydrogen) atoms. The third-order valence-electron chi connectivity index (χ3n) is 3.09. The number of nitrogens with one attached hydrogen (secondary N) is 1. The quantitative estimate of drug-likeness (QED) is 0.754. The van der Waals surface area contributed by atoms with Crippen LogP contribution < -0.4 is 5.32 Å². The van der Waals surface area contributed by atoms with Crippen molar-refractivity contribution in [2.75, 3.05) is 25.9 Å². The Morgan fingerprint density at radius 1 is 1.32 bits per heavy atom. The predicted octanol–water partition coefficient (Wildman–Crippen LogP) is 1.30. The van der Waals surface area contributed by atoms with Crippen LogP contribution in [-0.2, 0) is 21.3 Å². The summed E-state index contributed by atoms with van der Waals surface area (Å²) in [6.45, 7) is 1.97. The van der Waals surface area contributed by atoms with Gasteiger partial charge in [-0.2, -0.15) is 0 Å². The third-order valence-corrected chi connectivity index (χ3v) is 4.41. The van der Waals surface area contributed by atoms with Crippen molar-refractivity contribution < 1.29 is 18.9 Å². The molecule has 0 radical (unpaired) electrons. The van der Waals surface area contributed by atoms with Crippen molar-refractivity contribution >= 4 is 22.8 Å². The number of carbonyl (C=O) groups is 2. The summed E-state index contributed by atoms with van der Waals surface area (Å²) in [5.74, 6) is -0.738. The van der Waals surface area contributed by atoms with E-state index in [1.165, 1.54) is 11.9 Å². The number of benzene rings is 1. The van der Waals surface area contributed by atoms with E-state index < -0.39 is 22.7 Å². The highest BCUT2D eigenvalue weighted by atomic mass is 32.2. The van der Waals surface area contributed by atoms with Crippen molar-refractivity contribution in [1.82, 2.24) is 10.2 Å². The summed E-state index contributed by atoms with van der Waals surface area (Å²) in [4.78, 5) is 23.8. The zero-order valence-electron chi connectivity index (χ0n) is 12.8. The molecule has 0 fully saturated rings. The van der Waals surface area contributed by atoms with Gasteiger partial charge in [-0.05, 0) is 5.56 Å². The first-order valence-corrected chi connectivity index (χ1v) is 8.49. The largest absolute Gasteiger partial charge is 0.481 e. The summed E-state index contributed by atoms with van der Waals surface area (Å²) in [6, 6.07) is 9.17. The number of carboxylic acid groups (broad SMARTS) is 1. The van der Waals surface area contributed by atoms with E-state index in [1.54, 1.807) is 6.92 Å². The van der Waals surface area contributed by atoms with Gasteiger partial charge >= 0.3 is 12.0 Å². The highest BCUT2D eigenvalue weighted by Gasteiger charge is 2.17. The molecule has 2 amide bonds. The molecule has 0 spiro atoms. The maximum Gasteiger partial charge on any atom is 0.317 e. The second-order valence-corrected chi connectivity index (χ2v) is 6.70. The number of hydrogen-bond donors (Lipinski definition) is 2. The van der Waals surface area contributed by atoms with Gasteiger partial charge in [0.05, 0.1) is 5.92 Å². The van der Waals surface area contributed by atoms with Gasteiger partial charge in [0.1, 0.15) is 0 Å². The Morgan fingerprint density at radius 3 is 2.55 bits per heavy atom. The highest BCUT2D eigenvalue weighted by Crippen LogP contribution is 2.02. The molecule has 1 aromatic carbocycles. The fourth-order valence-electron chi connectivity index (χ4n) is 1.81. The number of nitrogens with zero attached hydrogens (tertiary/aromatic N) is 1. The van der Waals surface area contributed by atoms with Gasteiger partial charge in [0.25, 0.3) is 0 Å². The average molecular weight is 326 g/mol. The smallest absolute Gasteiger partial charge is 0.317 e. The van der Waals surface area contributed by atoms with Crippen LogP contribution in [0.15, 0.2) is 30.3 Å². The first-order chi connectivity index (χ1) is 10.4. The molecule has 2 N–H and O–H groups in total. The van der Waals surface area contributed by atoms with Crippen LogP contribution in [0, 0.1) is 5.92 Å². The summed E-state index contributed by atoms with van der Waals surface area (Å²) in [5.41, 5.74) is 1.000. The van der Waals surface area contributed by atoms with Crippen LogP contribution in [0.25, 0.3) is 0 Å². The number of carboxylic acids is 1. The van der Waals surface area contributed by atoms with Crippen LogP contribution in [0.1, 0.15) is 12.5 Å². The van der Waals surface area contributed by atoms with Gasteiger partial charge in [-0.25, -0.2) is 4.79 Å². The van der Waals surface area contributed by atoms with E-state index in [-0.39, 0.29) is 12.6 Å². The maximum absolute atomic E-state index is 11.9.